The third-order valence-corrected chi connectivity index (χ3v) is 3.78. The van der Waals surface area contributed by atoms with Crippen molar-refractivity contribution in [3.63, 3.8) is 0 Å². The summed E-state index contributed by atoms with van der Waals surface area (Å²) in [5, 5.41) is 20.4. The van der Waals surface area contributed by atoms with Gasteiger partial charge in [0.2, 0.25) is 5.88 Å². The lowest BCUT2D eigenvalue weighted by molar-refractivity contribution is -0.136. The summed E-state index contributed by atoms with van der Waals surface area (Å²) < 4.78 is 41.1. The van der Waals surface area contributed by atoms with E-state index in [0.717, 1.165) is 17.4 Å². The minimum atomic E-state index is -4.46. The normalized spacial score (nSPS) is 11.6. The summed E-state index contributed by atoms with van der Waals surface area (Å²) in [6.45, 7) is 0. The number of aromatic hydroxyl groups is 1. The van der Waals surface area contributed by atoms with Crippen LogP contribution in [0.5, 0.6) is 5.88 Å². The number of rotatable bonds is 2. The molecule has 2 aromatic carbocycles. The van der Waals surface area contributed by atoms with Gasteiger partial charge in [-0.2, -0.15) is 13.2 Å². The molecule has 0 spiro atoms. The van der Waals surface area contributed by atoms with E-state index >= 15 is 0 Å². The lowest BCUT2D eigenvalue weighted by Gasteiger charge is -2.10. The van der Waals surface area contributed by atoms with Crippen LogP contribution in [0.2, 0.25) is 0 Å². The molecule has 0 fully saturated rings. The Bertz CT molecular complexity index is 1000. The van der Waals surface area contributed by atoms with Gasteiger partial charge in [-0.15, -0.1) is 5.11 Å². The topological polar surface area (TPSA) is 72.8 Å². The van der Waals surface area contributed by atoms with Gasteiger partial charge in [0.25, 0.3) is 0 Å². The van der Waals surface area contributed by atoms with E-state index in [1.54, 1.807) is 24.3 Å². The fourth-order valence-corrected chi connectivity index (χ4v) is 2.62. The maximum absolute atomic E-state index is 12.9. The van der Waals surface area contributed by atoms with Crippen molar-refractivity contribution >= 4 is 33.6 Å². The molecule has 0 saturated carbocycles. The number of H-pyrrole nitrogens is 1. The summed E-state index contributed by atoms with van der Waals surface area (Å²) >= 11 is 0.717. The number of anilines is 1. The number of halogens is 3. The van der Waals surface area contributed by atoms with Gasteiger partial charge in [0.15, 0.2) is 5.69 Å². The molecule has 0 radical (unpaired) electrons. The van der Waals surface area contributed by atoms with E-state index in [0.29, 0.717) is 10.9 Å². The smallest absolute Gasteiger partial charge is 0.418 e. The summed E-state index contributed by atoms with van der Waals surface area (Å²) in [5.74, 6) is -0.146. The molecule has 128 valence electrons. The third kappa shape index (κ3) is 3.73. The van der Waals surface area contributed by atoms with Gasteiger partial charge in [-0.05, 0) is 18.2 Å². The Labute approximate surface area is 143 Å². The number of hydrogen-bond acceptors (Lipinski definition) is 4. The second-order valence-corrected chi connectivity index (χ2v) is 5.50. The monoisotopic (exact) mass is 364 g/mol. The molecule has 0 amide bonds. The van der Waals surface area contributed by atoms with Gasteiger partial charge in [-0.1, -0.05) is 35.4 Å². The number of hydrogen-bond donors (Lipinski definition) is 3. The fraction of sp³-hybridized carbons (Fsp3) is 0.0625. The van der Waals surface area contributed by atoms with Gasteiger partial charge in [-0.3, -0.25) is 0 Å². The van der Waals surface area contributed by atoms with E-state index in [-0.39, 0.29) is 17.3 Å². The van der Waals surface area contributed by atoms with Crippen molar-refractivity contribution in [2.45, 2.75) is 6.18 Å². The van der Waals surface area contributed by atoms with E-state index in [1.807, 2.05) is 0 Å². The number of fused-ring (bicyclic) bond motifs is 1. The van der Waals surface area contributed by atoms with Gasteiger partial charge >= 0.3 is 6.18 Å². The second kappa shape index (κ2) is 6.84. The predicted octanol–water partition coefficient (Wildman–Crippen LogP) is 5.65. The Hall–Kier alpha value is -3.03. The molecule has 1 heterocycles. The minimum absolute atomic E-state index is 0.0994. The first kappa shape index (κ1) is 16.8. The Morgan fingerprint density at radius 3 is 2.60 bits per heavy atom. The maximum atomic E-state index is 12.9. The molecule has 9 heteroatoms. The molecule has 3 aromatic rings. The molecule has 0 aliphatic carbocycles. The van der Waals surface area contributed by atoms with Crippen molar-refractivity contribution in [3.05, 3.63) is 54.1 Å². The molecule has 3 rings (SSSR count). The fourth-order valence-electron chi connectivity index (χ4n) is 2.20. The first-order valence-electron chi connectivity index (χ1n) is 7.00. The average molecular weight is 364 g/mol. The van der Waals surface area contributed by atoms with Gasteiger partial charge in [-0.25, -0.2) is 0 Å². The molecular formula is C16H11F3N4OS. The number of benzene rings is 2. The lowest BCUT2D eigenvalue weighted by Crippen LogP contribution is -2.07. The summed E-state index contributed by atoms with van der Waals surface area (Å²) in [4.78, 5) is 2.74. The number of aromatic amines is 1. The van der Waals surface area contributed by atoms with Crippen LogP contribution in [0, 0.1) is 5.31 Å². The Balaban J connectivity index is 1.78. The van der Waals surface area contributed by atoms with Crippen LogP contribution in [0.25, 0.3) is 10.9 Å². The minimum Gasteiger partial charge on any atom is -0.493 e. The van der Waals surface area contributed by atoms with Gasteiger partial charge in [0, 0.05) is 16.7 Å². The number of azo groups is 1. The van der Waals surface area contributed by atoms with Crippen LogP contribution < -0.4 is 4.72 Å². The quantitative estimate of drug-likeness (QED) is 0.406. The highest BCUT2D eigenvalue weighted by atomic mass is 32.1. The zero-order chi connectivity index (χ0) is 17.9. The van der Waals surface area contributed by atoms with Crippen molar-refractivity contribution in [3.8, 4) is 11.2 Å². The summed E-state index contributed by atoms with van der Waals surface area (Å²) in [7, 11) is 0. The SMILES string of the molecule is Oc1[nH]c2ccccc2c1N=NC#SNc1ccccc1C(F)(F)F. The zero-order valence-corrected chi connectivity index (χ0v) is 13.3. The summed E-state index contributed by atoms with van der Waals surface area (Å²) in [6.07, 6.45) is -4.46. The molecule has 0 atom stereocenters. The Morgan fingerprint density at radius 1 is 1.08 bits per heavy atom. The third-order valence-electron chi connectivity index (χ3n) is 3.29. The number of para-hydroxylation sites is 2. The first-order valence-corrected chi connectivity index (χ1v) is 7.82. The van der Waals surface area contributed by atoms with Gasteiger partial charge < -0.3 is 14.8 Å². The molecule has 0 unspecified atom stereocenters. The highest BCUT2D eigenvalue weighted by molar-refractivity contribution is 7.90. The molecule has 1 aromatic heterocycles. The summed E-state index contributed by atoms with van der Waals surface area (Å²) in [6, 6.07) is 12.2. The van der Waals surface area contributed by atoms with Crippen molar-refractivity contribution in [1.29, 1.82) is 0 Å². The maximum Gasteiger partial charge on any atom is 0.418 e. The second-order valence-electron chi connectivity index (χ2n) is 4.91. The molecule has 0 aliphatic rings. The standard InChI is InChI=1S/C16H11F3N4OS/c17-16(18,19)11-6-2-4-8-13(11)23-25-9-20-22-14-10-5-1-3-7-12(10)21-15(14)24/h1-8,21,23-24H. The van der Waals surface area contributed by atoms with Crippen LogP contribution >= 0.6 is 11.4 Å². The van der Waals surface area contributed by atoms with Crippen LogP contribution in [-0.2, 0) is 6.18 Å². The van der Waals surface area contributed by atoms with Crippen LogP contribution in [0.3, 0.4) is 0 Å². The predicted molar refractivity (Wildman–Crippen MR) is 91.0 cm³/mol. The summed E-state index contributed by atoms with van der Waals surface area (Å²) in [5.41, 5.74) is 0.0476. The highest BCUT2D eigenvalue weighted by Crippen LogP contribution is 2.36. The van der Waals surface area contributed by atoms with Crippen molar-refractivity contribution < 1.29 is 18.3 Å². The van der Waals surface area contributed by atoms with Crippen LogP contribution in [-0.4, -0.2) is 10.1 Å². The molecule has 0 saturated heterocycles. The zero-order valence-electron chi connectivity index (χ0n) is 12.5. The van der Waals surface area contributed by atoms with E-state index < -0.39 is 11.7 Å². The largest absolute Gasteiger partial charge is 0.493 e. The lowest BCUT2D eigenvalue weighted by atomic mass is 10.2. The Kier molecular flexibility index (Phi) is 4.60. The van der Waals surface area contributed by atoms with E-state index in [9.17, 15) is 18.3 Å². The number of alkyl halides is 3. The Morgan fingerprint density at radius 2 is 1.80 bits per heavy atom. The van der Waals surface area contributed by atoms with E-state index in [4.69, 9.17) is 0 Å². The molecule has 3 N–H and O–H groups in total. The van der Waals surface area contributed by atoms with Crippen molar-refractivity contribution in [1.82, 2.24) is 4.98 Å². The van der Waals surface area contributed by atoms with E-state index in [1.165, 1.54) is 18.2 Å². The van der Waals surface area contributed by atoms with E-state index in [2.05, 4.69) is 25.2 Å². The average Bonchev–Trinajstić information content (AvgIpc) is 2.90. The number of aromatic nitrogens is 1. The highest BCUT2D eigenvalue weighted by Gasteiger charge is 2.32. The van der Waals surface area contributed by atoms with Crippen LogP contribution in [0.4, 0.5) is 24.5 Å². The molecule has 25 heavy (non-hydrogen) atoms. The number of nitrogens with one attached hydrogen (secondary N) is 2. The van der Waals surface area contributed by atoms with Gasteiger partial charge in [0.05, 0.1) is 22.1 Å². The first-order chi connectivity index (χ1) is 12.0. The van der Waals surface area contributed by atoms with Crippen molar-refractivity contribution in [2.24, 2.45) is 10.2 Å². The molecule has 0 bridgehead atoms. The molecule has 5 nitrogen and oxygen atoms in total. The van der Waals surface area contributed by atoms with Crippen LogP contribution in [0.15, 0.2) is 58.8 Å². The molecule has 0 aliphatic heterocycles. The number of nitrogens with zero attached hydrogens (tertiary/aromatic N) is 2. The molecular weight excluding hydrogens is 353 g/mol. The van der Waals surface area contributed by atoms with Gasteiger partial charge in [0.1, 0.15) is 0 Å². The van der Waals surface area contributed by atoms with Crippen LogP contribution in [0.1, 0.15) is 5.56 Å². The van der Waals surface area contributed by atoms with Crippen molar-refractivity contribution in [2.75, 3.05) is 4.72 Å².